The maximum absolute atomic E-state index is 8.86. The Hall–Kier alpha value is -1.99. The van der Waals surface area contributed by atoms with Crippen molar-refractivity contribution in [2.24, 2.45) is 0 Å². The van der Waals surface area contributed by atoms with Crippen molar-refractivity contribution in [1.29, 1.82) is 5.26 Å². The number of nitrogen functional groups attached to an aromatic ring is 1. The topological polar surface area (TPSA) is 53.0 Å². The number of hydrogen-bond donors (Lipinski definition) is 1. The summed E-state index contributed by atoms with van der Waals surface area (Å²) in [6.45, 7) is 0.783. The van der Waals surface area contributed by atoms with Crippen molar-refractivity contribution in [3.05, 3.63) is 58.1 Å². The number of halogens is 1. The first kappa shape index (κ1) is 13.4. The number of hydrogen-bond acceptors (Lipinski definition) is 3. The summed E-state index contributed by atoms with van der Waals surface area (Å²) >= 11 is 3.46. The first-order valence-electron chi connectivity index (χ1n) is 5.85. The van der Waals surface area contributed by atoms with E-state index < -0.39 is 0 Å². The predicted octanol–water partition coefficient (Wildman–Crippen LogP) is 3.54. The van der Waals surface area contributed by atoms with Crippen LogP contribution >= 0.6 is 15.9 Å². The van der Waals surface area contributed by atoms with Crippen LogP contribution in [0.15, 0.2) is 46.9 Å². The molecule has 0 heterocycles. The van der Waals surface area contributed by atoms with Crippen molar-refractivity contribution in [3.63, 3.8) is 0 Å². The number of nitriles is 1. The van der Waals surface area contributed by atoms with E-state index in [1.807, 2.05) is 31.3 Å². The Balaban J connectivity index is 2.18. The molecule has 0 aliphatic carbocycles. The van der Waals surface area contributed by atoms with Crippen LogP contribution in [0.4, 0.5) is 11.4 Å². The highest BCUT2D eigenvalue weighted by Crippen LogP contribution is 2.22. The third kappa shape index (κ3) is 3.27. The summed E-state index contributed by atoms with van der Waals surface area (Å²) in [7, 11) is 2.00. The Morgan fingerprint density at radius 3 is 2.68 bits per heavy atom. The second kappa shape index (κ2) is 5.77. The molecule has 96 valence electrons. The van der Waals surface area contributed by atoms with Crippen LogP contribution < -0.4 is 10.6 Å². The lowest BCUT2D eigenvalue weighted by Gasteiger charge is -2.20. The molecule has 4 heteroatoms. The summed E-state index contributed by atoms with van der Waals surface area (Å²) in [6.07, 6.45) is 0. The first-order valence-corrected chi connectivity index (χ1v) is 6.64. The molecule has 0 saturated heterocycles. The van der Waals surface area contributed by atoms with Gasteiger partial charge in [0.2, 0.25) is 0 Å². The molecule has 0 bridgehead atoms. The number of rotatable bonds is 3. The third-order valence-electron chi connectivity index (χ3n) is 2.91. The van der Waals surface area contributed by atoms with E-state index in [2.05, 4.69) is 39.0 Å². The SMILES string of the molecule is CN(Cc1cccc(Br)c1)c1ccc(C#N)c(N)c1. The van der Waals surface area contributed by atoms with Gasteiger partial charge in [-0.25, -0.2) is 0 Å². The van der Waals surface area contributed by atoms with Gasteiger partial charge in [0.25, 0.3) is 0 Å². The van der Waals surface area contributed by atoms with Gasteiger partial charge in [0.05, 0.1) is 11.3 Å². The Morgan fingerprint density at radius 2 is 2.05 bits per heavy atom. The van der Waals surface area contributed by atoms with E-state index in [1.54, 1.807) is 6.07 Å². The molecule has 19 heavy (non-hydrogen) atoms. The van der Waals surface area contributed by atoms with Crippen LogP contribution in [0.2, 0.25) is 0 Å². The molecule has 3 nitrogen and oxygen atoms in total. The minimum atomic E-state index is 0.514. The second-order valence-corrected chi connectivity index (χ2v) is 5.29. The van der Waals surface area contributed by atoms with Crippen molar-refractivity contribution in [3.8, 4) is 6.07 Å². The molecule has 2 N–H and O–H groups in total. The molecule has 0 unspecified atom stereocenters. The zero-order chi connectivity index (χ0) is 13.8. The van der Waals surface area contributed by atoms with Crippen molar-refractivity contribution >= 4 is 27.3 Å². The molecule has 2 aromatic carbocycles. The summed E-state index contributed by atoms with van der Waals surface area (Å²) < 4.78 is 1.07. The molecule has 2 aromatic rings. The van der Waals surface area contributed by atoms with Crippen LogP contribution in [0, 0.1) is 11.3 Å². The summed E-state index contributed by atoms with van der Waals surface area (Å²) in [5.41, 5.74) is 9.06. The van der Waals surface area contributed by atoms with Crippen molar-refractivity contribution < 1.29 is 0 Å². The number of nitrogens with zero attached hydrogens (tertiary/aromatic N) is 2. The standard InChI is InChI=1S/C15H14BrN3/c1-19(10-11-3-2-4-13(16)7-11)14-6-5-12(9-17)15(18)8-14/h2-8H,10,18H2,1H3. The van der Waals surface area contributed by atoms with Gasteiger partial charge in [-0.05, 0) is 35.9 Å². The average Bonchev–Trinajstić information content (AvgIpc) is 2.38. The van der Waals surface area contributed by atoms with E-state index in [4.69, 9.17) is 11.0 Å². The van der Waals surface area contributed by atoms with Gasteiger partial charge >= 0.3 is 0 Å². The largest absolute Gasteiger partial charge is 0.398 e. The minimum absolute atomic E-state index is 0.514. The highest BCUT2D eigenvalue weighted by Gasteiger charge is 2.05. The minimum Gasteiger partial charge on any atom is -0.398 e. The van der Waals surface area contributed by atoms with Crippen molar-refractivity contribution in [2.75, 3.05) is 17.7 Å². The molecule has 0 spiro atoms. The van der Waals surface area contributed by atoms with E-state index in [0.717, 1.165) is 16.7 Å². The second-order valence-electron chi connectivity index (χ2n) is 4.37. The molecular weight excluding hydrogens is 302 g/mol. The highest BCUT2D eigenvalue weighted by atomic mass is 79.9. The normalized spacial score (nSPS) is 9.95. The predicted molar refractivity (Wildman–Crippen MR) is 81.8 cm³/mol. The average molecular weight is 316 g/mol. The van der Waals surface area contributed by atoms with Crippen LogP contribution in [0.3, 0.4) is 0 Å². The summed E-state index contributed by atoms with van der Waals surface area (Å²) in [4.78, 5) is 2.10. The lowest BCUT2D eigenvalue weighted by Crippen LogP contribution is -2.16. The van der Waals surface area contributed by atoms with Crippen molar-refractivity contribution in [2.45, 2.75) is 6.54 Å². The Bertz CT molecular complexity index is 632. The van der Waals surface area contributed by atoms with E-state index in [-0.39, 0.29) is 0 Å². The third-order valence-corrected chi connectivity index (χ3v) is 3.40. The molecule has 0 aromatic heterocycles. The highest BCUT2D eigenvalue weighted by molar-refractivity contribution is 9.10. The number of benzene rings is 2. The van der Waals surface area contributed by atoms with Crippen LogP contribution in [0.5, 0.6) is 0 Å². The van der Waals surface area contributed by atoms with E-state index in [0.29, 0.717) is 11.3 Å². The van der Waals surface area contributed by atoms with Gasteiger partial charge in [0.1, 0.15) is 6.07 Å². The lowest BCUT2D eigenvalue weighted by molar-refractivity contribution is 0.922. The van der Waals surface area contributed by atoms with E-state index in [1.165, 1.54) is 5.56 Å². The summed E-state index contributed by atoms with van der Waals surface area (Å²) in [6, 6.07) is 15.7. The molecule has 0 aliphatic heterocycles. The van der Waals surface area contributed by atoms with E-state index in [9.17, 15) is 0 Å². The van der Waals surface area contributed by atoms with Gasteiger partial charge in [0, 0.05) is 23.8 Å². The summed E-state index contributed by atoms with van der Waals surface area (Å²) in [5, 5.41) is 8.86. The molecule has 2 rings (SSSR count). The molecule has 0 fully saturated rings. The maximum atomic E-state index is 8.86. The monoisotopic (exact) mass is 315 g/mol. The van der Waals surface area contributed by atoms with Gasteiger partial charge < -0.3 is 10.6 Å². The van der Waals surface area contributed by atoms with Crippen LogP contribution in [0.1, 0.15) is 11.1 Å². The smallest absolute Gasteiger partial charge is 0.101 e. The first-order chi connectivity index (χ1) is 9.10. The Morgan fingerprint density at radius 1 is 1.26 bits per heavy atom. The van der Waals surface area contributed by atoms with E-state index >= 15 is 0 Å². The molecular formula is C15H14BrN3. The quantitative estimate of drug-likeness (QED) is 0.881. The van der Waals surface area contributed by atoms with Gasteiger partial charge in [-0.15, -0.1) is 0 Å². The van der Waals surface area contributed by atoms with Crippen molar-refractivity contribution in [1.82, 2.24) is 0 Å². The van der Waals surface area contributed by atoms with Crippen LogP contribution in [0.25, 0.3) is 0 Å². The van der Waals surface area contributed by atoms with Gasteiger partial charge in [-0.1, -0.05) is 28.1 Å². The maximum Gasteiger partial charge on any atom is 0.101 e. The van der Waals surface area contributed by atoms with Gasteiger partial charge in [-0.2, -0.15) is 5.26 Å². The van der Waals surface area contributed by atoms with Crippen LogP contribution in [-0.4, -0.2) is 7.05 Å². The zero-order valence-electron chi connectivity index (χ0n) is 10.6. The summed E-state index contributed by atoms with van der Waals surface area (Å²) in [5.74, 6) is 0. The molecule has 0 saturated carbocycles. The fourth-order valence-electron chi connectivity index (χ4n) is 1.89. The molecule has 0 radical (unpaired) electrons. The number of nitrogens with two attached hydrogens (primary N) is 1. The Labute approximate surface area is 121 Å². The molecule has 0 atom stereocenters. The zero-order valence-corrected chi connectivity index (χ0v) is 12.2. The molecule has 0 amide bonds. The lowest BCUT2D eigenvalue weighted by atomic mass is 10.1. The van der Waals surface area contributed by atoms with Gasteiger partial charge in [0.15, 0.2) is 0 Å². The van der Waals surface area contributed by atoms with Gasteiger partial charge in [-0.3, -0.25) is 0 Å². The Kier molecular flexibility index (Phi) is 4.08. The number of anilines is 2. The fourth-order valence-corrected chi connectivity index (χ4v) is 2.34. The molecule has 0 aliphatic rings. The fraction of sp³-hybridized carbons (Fsp3) is 0.133. The van der Waals surface area contributed by atoms with Crippen LogP contribution in [-0.2, 0) is 6.54 Å².